The molecule has 1 aliphatic carbocycles. The van der Waals surface area contributed by atoms with E-state index in [4.69, 9.17) is 0 Å². The molecule has 1 heterocycles. The molecule has 0 bridgehead atoms. The predicted molar refractivity (Wildman–Crippen MR) is 197 cm³/mol. The van der Waals surface area contributed by atoms with E-state index in [2.05, 4.69) is 17.6 Å². The number of carboxylic acid groups (broad SMARTS) is 1. The minimum Gasteiger partial charge on any atom is -0.480 e. The Labute approximate surface area is 306 Å². The molecule has 11 nitrogen and oxygen atoms in total. The summed E-state index contributed by atoms with van der Waals surface area (Å²) in [7, 11) is 0. The first-order valence-corrected chi connectivity index (χ1v) is 19.8. The van der Waals surface area contributed by atoms with Gasteiger partial charge in [0.1, 0.15) is 17.9 Å². The van der Waals surface area contributed by atoms with Gasteiger partial charge in [-0.2, -0.15) is 0 Å². The third-order valence-electron chi connectivity index (χ3n) is 11.0. The molecular formula is C40H69N3O8. The van der Waals surface area contributed by atoms with Crippen molar-refractivity contribution >= 4 is 35.4 Å². The highest BCUT2D eigenvalue weighted by Gasteiger charge is 2.43. The number of hydrogen-bond acceptors (Lipinski definition) is 7. The molecule has 1 aliphatic heterocycles. The van der Waals surface area contributed by atoms with Gasteiger partial charge in [0.15, 0.2) is 0 Å². The van der Waals surface area contributed by atoms with Crippen LogP contribution in [0.15, 0.2) is 0 Å². The number of imide groups is 1. The summed E-state index contributed by atoms with van der Waals surface area (Å²) in [4.78, 5) is 77.2. The molecule has 11 heteroatoms. The molecule has 1 saturated carbocycles. The first-order chi connectivity index (χ1) is 23.8. The summed E-state index contributed by atoms with van der Waals surface area (Å²) >= 11 is 0. The number of aliphatic hydroxyl groups excluding tert-OH is 1. The van der Waals surface area contributed by atoms with E-state index < -0.39 is 41.5 Å². The van der Waals surface area contributed by atoms with Gasteiger partial charge in [-0.15, -0.1) is 0 Å². The smallest absolute Gasteiger partial charge is 0.326 e. The lowest BCUT2D eigenvalue weighted by molar-refractivity contribution is -0.157. The first kappa shape index (κ1) is 44.3. The number of amides is 4. The normalized spacial score (nSPS) is 22.3. The van der Waals surface area contributed by atoms with Crippen LogP contribution in [0, 0.1) is 35.5 Å². The third kappa shape index (κ3) is 14.3. The zero-order chi connectivity index (χ0) is 38.5. The summed E-state index contributed by atoms with van der Waals surface area (Å²) in [6.45, 7) is 15.0. The molecule has 0 aromatic rings. The summed E-state index contributed by atoms with van der Waals surface area (Å²) in [6, 6.07) is -1.79. The van der Waals surface area contributed by atoms with Gasteiger partial charge in [0, 0.05) is 36.6 Å². The second-order valence-electron chi connectivity index (χ2n) is 17.0. The summed E-state index contributed by atoms with van der Waals surface area (Å²) < 4.78 is 0. The lowest BCUT2D eigenvalue weighted by Crippen LogP contribution is -2.55. The maximum Gasteiger partial charge on any atom is 0.326 e. The number of likely N-dealkylation sites (tertiary alicyclic amines) is 1. The summed E-state index contributed by atoms with van der Waals surface area (Å²) in [5.41, 5.74) is -0.567. The number of nitrogens with zero attached hydrogens (tertiary/aromatic N) is 1. The lowest BCUT2D eigenvalue weighted by atomic mass is 9.71. The number of piperidine rings is 1. The average Bonchev–Trinajstić information content (AvgIpc) is 3.01. The number of carbonyl (C=O) groups excluding carboxylic acids is 5. The molecule has 1 saturated heterocycles. The maximum absolute atomic E-state index is 13.2. The number of rotatable bonds is 22. The van der Waals surface area contributed by atoms with E-state index in [1.807, 2.05) is 34.6 Å². The molecule has 2 rings (SSSR count). The molecule has 0 aromatic carbocycles. The van der Waals surface area contributed by atoms with Crippen LogP contribution in [0.2, 0.25) is 0 Å². The van der Waals surface area contributed by atoms with E-state index in [-0.39, 0.29) is 60.0 Å². The van der Waals surface area contributed by atoms with Gasteiger partial charge < -0.3 is 20.8 Å². The van der Waals surface area contributed by atoms with Crippen molar-refractivity contribution in [1.29, 1.82) is 0 Å². The average molecular weight is 720 g/mol. The number of aliphatic carboxylic acids is 1. The van der Waals surface area contributed by atoms with Gasteiger partial charge in [0.05, 0.1) is 6.10 Å². The molecule has 4 amide bonds. The molecule has 0 spiro atoms. The second kappa shape index (κ2) is 21.0. The molecule has 292 valence electrons. The Kier molecular flexibility index (Phi) is 18.3. The van der Waals surface area contributed by atoms with Crippen molar-refractivity contribution in [3.63, 3.8) is 0 Å². The van der Waals surface area contributed by atoms with Gasteiger partial charge in [-0.3, -0.25) is 28.9 Å². The molecule has 4 unspecified atom stereocenters. The van der Waals surface area contributed by atoms with E-state index in [9.17, 15) is 39.0 Å². The Hall–Kier alpha value is -2.82. The van der Waals surface area contributed by atoms with Gasteiger partial charge >= 0.3 is 5.97 Å². The van der Waals surface area contributed by atoms with Crippen LogP contribution in [-0.2, 0) is 28.8 Å². The SMILES string of the molecule is CC(C)C(NC(=O)C(NC(=O)CCCCCCCCCCCC(C)(C)N1C(=O)CC(CC(O)C2C[C@@H](C)C[C@H](C)C2=O)CC1=O)C(C)C)C(=O)O. The minimum atomic E-state index is -1.10. The zero-order valence-corrected chi connectivity index (χ0v) is 32.8. The van der Waals surface area contributed by atoms with E-state index in [0.717, 1.165) is 70.6 Å². The number of Topliss-reactive ketones (excluding diaryl/α,β-unsaturated/α-hetero) is 1. The van der Waals surface area contributed by atoms with Crippen LogP contribution in [0.25, 0.3) is 0 Å². The summed E-state index contributed by atoms with van der Waals surface area (Å²) in [6.07, 6.45) is 11.5. The fraction of sp³-hybridized carbons (Fsp3) is 0.850. The van der Waals surface area contributed by atoms with Crippen molar-refractivity contribution in [3.05, 3.63) is 0 Å². The first-order valence-electron chi connectivity index (χ1n) is 19.8. The minimum absolute atomic E-state index is 0.0576. The van der Waals surface area contributed by atoms with Gasteiger partial charge in [0.2, 0.25) is 23.6 Å². The number of carboxylic acids is 1. The number of ketones is 1. The number of unbranched alkanes of at least 4 members (excludes halogenated alkanes) is 8. The van der Waals surface area contributed by atoms with E-state index in [1.54, 1.807) is 13.8 Å². The van der Waals surface area contributed by atoms with E-state index in [0.29, 0.717) is 25.2 Å². The molecule has 0 aromatic heterocycles. The quantitative estimate of drug-likeness (QED) is 0.0758. The van der Waals surface area contributed by atoms with Crippen molar-refractivity contribution in [2.45, 2.75) is 182 Å². The number of carbonyl (C=O) groups is 6. The Morgan fingerprint density at radius 1 is 0.784 bits per heavy atom. The fourth-order valence-corrected chi connectivity index (χ4v) is 8.04. The van der Waals surface area contributed by atoms with Crippen molar-refractivity contribution in [1.82, 2.24) is 15.5 Å². The number of aliphatic hydroxyl groups is 1. The lowest BCUT2D eigenvalue weighted by Gasteiger charge is -2.42. The van der Waals surface area contributed by atoms with Crippen LogP contribution in [0.4, 0.5) is 0 Å². The van der Waals surface area contributed by atoms with Gasteiger partial charge in [0.25, 0.3) is 0 Å². The Morgan fingerprint density at radius 3 is 1.80 bits per heavy atom. The predicted octanol–water partition coefficient (Wildman–Crippen LogP) is 6.19. The van der Waals surface area contributed by atoms with Gasteiger partial charge in [-0.05, 0) is 69.6 Å². The molecule has 4 N–H and O–H groups in total. The van der Waals surface area contributed by atoms with Crippen molar-refractivity contribution < 1.29 is 39.0 Å². The van der Waals surface area contributed by atoms with Gasteiger partial charge in [-0.25, -0.2) is 4.79 Å². The summed E-state index contributed by atoms with van der Waals surface area (Å²) in [5.74, 6) is -2.79. The van der Waals surface area contributed by atoms with E-state index in [1.165, 1.54) is 4.90 Å². The van der Waals surface area contributed by atoms with Crippen molar-refractivity contribution in [2.24, 2.45) is 35.5 Å². The van der Waals surface area contributed by atoms with E-state index >= 15 is 0 Å². The fourth-order valence-electron chi connectivity index (χ4n) is 8.04. The number of hydrogen-bond donors (Lipinski definition) is 4. The maximum atomic E-state index is 13.2. The van der Waals surface area contributed by atoms with Crippen LogP contribution in [0.5, 0.6) is 0 Å². The van der Waals surface area contributed by atoms with Gasteiger partial charge in [-0.1, -0.05) is 92.9 Å². The zero-order valence-electron chi connectivity index (χ0n) is 32.8. The van der Waals surface area contributed by atoms with Crippen LogP contribution >= 0.6 is 0 Å². The van der Waals surface area contributed by atoms with Crippen LogP contribution in [0.3, 0.4) is 0 Å². The standard InChI is InChI=1S/C40H69N3O8/c1-25(2)35(38(49)42-36(26(3)4)39(50)51)41-32(45)18-16-14-12-10-9-11-13-15-17-19-40(7,8)43-33(46)23-29(24-34(43)47)22-31(44)30-21-27(5)20-28(6)37(30)48/h25-31,35-36,44H,9-24H2,1-8H3,(H,41,45)(H,42,49)(H,50,51)/t27-,28-,30?,31?,35?,36?/m0/s1. The number of nitrogens with one attached hydrogen (secondary N) is 2. The molecular weight excluding hydrogens is 650 g/mol. The topological polar surface area (TPSA) is 170 Å². The second-order valence-corrected chi connectivity index (χ2v) is 17.0. The molecule has 2 aliphatic rings. The monoisotopic (exact) mass is 720 g/mol. The summed E-state index contributed by atoms with van der Waals surface area (Å²) in [5, 5.41) is 25.6. The highest BCUT2D eigenvalue weighted by Crippen LogP contribution is 2.37. The molecule has 51 heavy (non-hydrogen) atoms. The molecule has 0 radical (unpaired) electrons. The van der Waals surface area contributed by atoms with Crippen molar-refractivity contribution in [2.75, 3.05) is 0 Å². The highest BCUT2D eigenvalue weighted by molar-refractivity contribution is 5.98. The Balaban J connectivity index is 1.61. The van der Waals surface area contributed by atoms with Crippen LogP contribution < -0.4 is 10.6 Å². The Morgan fingerprint density at radius 2 is 1.29 bits per heavy atom. The van der Waals surface area contributed by atoms with Crippen LogP contribution in [0.1, 0.15) is 158 Å². The molecule has 6 atom stereocenters. The third-order valence-corrected chi connectivity index (χ3v) is 11.0. The van der Waals surface area contributed by atoms with Crippen LogP contribution in [-0.4, -0.2) is 74.2 Å². The highest BCUT2D eigenvalue weighted by atomic mass is 16.4. The molecule has 2 fully saturated rings. The van der Waals surface area contributed by atoms with Crippen molar-refractivity contribution in [3.8, 4) is 0 Å². The largest absolute Gasteiger partial charge is 0.480 e. The Bertz CT molecular complexity index is 1170.